The quantitative estimate of drug-likeness (QED) is 0.419. The van der Waals surface area contributed by atoms with E-state index in [0.717, 1.165) is 0 Å². The highest BCUT2D eigenvalue weighted by molar-refractivity contribution is 6.07. The lowest BCUT2D eigenvalue weighted by molar-refractivity contribution is 0.104. The Balaban J connectivity index is 1.93. The molecule has 0 saturated carbocycles. The van der Waals surface area contributed by atoms with Crippen molar-refractivity contribution < 1.29 is 13.6 Å². The van der Waals surface area contributed by atoms with Crippen molar-refractivity contribution in [1.82, 2.24) is 0 Å². The van der Waals surface area contributed by atoms with Crippen LogP contribution in [0.1, 0.15) is 15.9 Å². The topological polar surface area (TPSA) is 47.3 Å². The molecule has 0 amide bonds. The number of rotatable bonds is 3. The number of hydrogen-bond donors (Lipinski definition) is 0. The van der Waals surface area contributed by atoms with E-state index in [1.807, 2.05) is 0 Å². The molecule has 3 rings (SSSR count). The minimum atomic E-state index is -0.674. The van der Waals surface area contributed by atoms with Crippen molar-refractivity contribution in [3.8, 4) is 0 Å². The lowest BCUT2D eigenvalue weighted by Gasteiger charge is -1.99. The smallest absolute Gasteiger partial charge is 0.347 e. The van der Waals surface area contributed by atoms with Crippen molar-refractivity contribution in [3.05, 3.63) is 88.0 Å². The Labute approximate surface area is 125 Å². The van der Waals surface area contributed by atoms with Crippen LogP contribution in [0.15, 0.2) is 69.9 Å². The number of carbonyl (C=O) groups is 1. The maximum atomic E-state index is 12.8. The van der Waals surface area contributed by atoms with Gasteiger partial charge in [-0.2, -0.15) is 0 Å². The lowest BCUT2D eigenvalue weighted by atomic mass is 10.1. The van der Waals surface area contributed by atoms with Crippen LogP contribution in [0.5, 0.6) is 0 Å². The van der Waals surface area contributed by atoms with Crippen molar-refractivity contribution in [1.29, 1.82) is 0 Å². The minimum absolute atomic E-state index is 0.0305. The summed E-state index contributed by atoms with van der Waals surface area (Å²) in [5.74, 6) is -0.803. The fourth-order valence-electron chi connectivity index (χ4n) is 2.07. The highest BCUT2D eigenvalue weighted by Crippen LogP contribution is 2.13. The maximum Gasteiger partial charge on any atom is 0.347 e. The molecule has 3 nitrogen and oxygen atoms in total. The fraction of sp³-hybridized carbons (Fsp3) is 0. The Morgan fingerprint density at radius 3 is 2.55 bits per heavy atom. The normalized spacial score (nSPS) is 11.1. The summed E-state index contributed by atoms with van der Waals surface area (Å²) in [6.45, 7) is 0. The molecule has 1 aromatic heterocycles. The van der Waals surface area contributed by atoms with Gasteiger partial charge in [0.15, 0.2) is 5.78 Å². The molecule has 108 valence electrons. The summed E-state index contributed by atoms with van der Waals surface area (Å²) in [4.78, 5) is 24.0. The molecule has 0 fully saturated rings. The summed E-state index contributed by atoms with van der Waals surface area (Å²) in [7, 11) is 0. The predicted octanol–water partition coefficient (Wildman–Crippen LogP) is 3.83. The Morgan fingerprint density at radius 2 is 1.77 bits per heavy atom. The van der Waals surface area contributed by atoms with Crippen molar-refractivity contribution in [3.63, 3.8) is 0 Å². The van der Waals surface area contributed by atoms with Crippen LogP contribution in [0.4, 0.5) is 4.39 Å². The first-order chi connectivity index (χ1) is 10.6. The van der Waals surface area contributed by atoms with Gasteiger partial charge in [-0.05, 0) is 35.9 Å². The summed E-state index contributed by atoms with van der Waals surface area (Å²) in [5, 5.41) is 0.681. The minimum Gasteiger partial charge on any atom is -0.422 e. The largest absolute Gasteiger partial charge is 0.422 e. The Hall–Kier alpha value is -3.01. The molecule has 0 unspecified atom stereocenters. The monoisotopic (exact) mass is 294 g/mol. The van der Waals surface area contributed by atoms with E-state index in [1.54, 1.807) is 36.4 Å². The van der Waals surface area contributed by atoms with Gasteiger partial charge in [0, 0.05) is 5.39 Å². The second-order valence-electron chi connectivity index (χ2n) is 4.73. The fourth-order valence-corrected chi connectivity index (χ4v) is 2.07. The average molecular weight is 294 g/mol. The molecule has 0 aliphatic carbocycles. The van der Waals surface area contributed by atoms with Gasteiger partial charge in [0.2, 0.25) is 0 Å². The van der Waals surface area contributed by atoms with Crippen LogP contribution in [0.25, 0.3) is 17.0 Å². The highest BCUT2D eigenvalue weighted by Gasteiger charge is 2.10. The molecule has 0 N–H and O–H groups in total. The molecule has 22 heavy (non-hydrogen) atoms. The van der Waals surface area contributed by atoms with E-state index >= 15 is 0 Å². The zero-order valence-corrected chi connectivity index (χ0v) is 11.5. The average Bonchev–Trinajstić information content (AvgIpc) is 2.53. The van der Waals surface area contributed by atoms with E-state index in [9.17, 15) is 14.0 Å². The molecule has 1 heterocycles. The van der Waals surface area contributed by atoms with E-state index in [2.05, 4.69) is 0 Å². The Morgan fingerprint density at radius 1 is 1.05 bits per heavy atom. The number of para-hydroxylation sites is 1. The molecule has 0 bridgehead atoms. The molecular formula is C18H11FO3. The van der Waals surface area contributed by atoms with Gasteiger partial charge >= 0.3 is 5.63 Å². The summed E-state index contributed by atoms with van der Waals surface area (Å²) in [6, 6.07) is 14.2. The molecule has 0 aliphatic heterocycles. The standard InChI is InChI=1S/C18H11FO3/c19-14-8-5-12(6-9-14)7-10-16(20)15-11-13-3-1-2-4-17(13)22-18(15)21/h1-11H/b10-7-. The van der Waals surface area contributed by atoms with E-state index in [4.69, 9.17) is 4.42 Å². The highest BCUT2D eigenvalue weighted by atomic mass is 19.1. The first kappa shape index (κ1) is 13.9. The third-order valence-corrected chi connectivity index (χ3v) is 3.20. The molecule has 0 atom stereocenters. The first-order valence-electron chi connectivity index (χ1n) is 6.64. The van der Waals surface area contributed by atoms with Crippen LogP contribution in [-0.2, 0) is 0 Å². The third-order valence-electron chi connectivity index (χ3n) is 3.20. The molecule has 0 radical (unpaired) electrons. The van der Waals surface area contributed by atoms with Gasteiger partial charge in [-0.25, -0.2) is 9.18 Å². The third kappa shape index (κ3) is 2.86. The van der Waals surface area contributed by atoms with Crippen LogP contribution in [0.3, 0.4) is 0 Å². The SMILES string of the molecule is O=C(/C=C\c1ccc(F)cc1)c1cc2ccccc2oc1=O. The van der Waals surface area contributed by atoms with Crippen molar-refractivity contribution in [2.45, 2.75) is 0 Å². The molecule has 0 saturated heterocycles. The molecule has 2 aromatic carbocycles. The second-order valence-corrected chi connectivity index (χ2v) is 4.73. The van der Waals surface area contributed by atoms with Gasteiger partial charge in [0.05, 0.1) is 0 Å². The number of ketones is 1. The second kappa shape index (κ2) is 5.77. The van der Waals surface area contributed by atoms with Crippen LogP contribution in [0.2, 0.25) is 0 Å². The molecule has 0 spiro atoms. The van der Waals surface area contributed by atoms with E-state index in [0.29, 0.717) is 16.5 Å². The van der Waals surface area contributed by atoms with Crippen molar-refractivity contribution in [2.24, 2.45) is 0 Å². The summed E-state index contributed by atoms with van der Waals surface area (Å²) in [6.07, 6.45) is 2.80. The van der Waals surface area contributed by atoms with Gasteiger partial charge in [0.25, 0.3) is 0 Å². The molecular weight excluding hydrogens is 283 g/mol. The molecule has 0 aliphatic rings. The van der Waals surface area contributed by atoms with Gasteiger partial charge in [0.1, 0.15) is 17.0 Å². The Kier molecular flexibility index (Phi) is 3.66. The first-order valence-corrected chi connectivity index (χ1v) is 6.64. The molecule has 3 aromatic rings. The van der Waals surface area contributed by atoms with Crippen molar-refractivity contribution in [2.75, 3.05) is 0 Å². The zero-order valence-electron chi connectivity index (χ0n) is 11.5. The van der Waals surface area contributed by atoms with Gasteiger partial charge in [-0.15, -0.1) is 0 Å². The maximum absolute atomic E-state index is 12.8. The van der Waals surface area contributed by atoms with Crippen molar-refractivity contribution >= 4 is 22.8 Å². The van der Waals surface area contributed by atoms with Crippen LogP contribution < -0.4 is 5.63 Å². The van der Waals surface area contributed by atoms with Crippen LogP contribution in [-0.4, -0.2) is 5.78 Å². The predicted molar refractivity (Wildman–Crippen MR) is 82.2 cm³/mol. The number of carbonyl (C=O) groups excluding carboxylic acids is 1. The van der Waals surface area contributed by atoms with Gasteiger partial charge in [-0.1, -0.05) is 36.4 Å². The Bertz CT molecular complexity index is 921. The van der Waals surface area contributed by atoms with Crippen LogP contribution >= 0.6 is 0 Å². The molecule has 4 heteroatoms. The number of fused-ring (bicyclic) bond motifs is 1. The van der Waals surface area contributed by atoms with E-state index < -0.39 is 11.4 Å². The van der Waals surface area contributed by atoms with E-state index in [-0.39, 0.29) is 11.4 Å². The summed E-state index contributed by atoms with van der Waals surface area (Å²) >= 11 is 0. The number of allylic oxidation sites excluding steroid dienone is 1. The summed E-state index contributed by atoms with van der Waals surface area (Å²) in [5.41, 5.74) is 0.399. The number of benzene rings is 2. The van der Waals surface area contributed by atoms with E-state index in [1.165, 1.54) is 30.4 Å². The zero-order chi connectivity index (χ0) is 15.5. The van der Waals surface area contributed by atoms with Crippen LogP contribution in [0, 0.1) is 5.82 Å². The van der Waals surface area contributed by atoms with Gasteiger partial charge in [-0.3, -0.25) is 4.79 Å². The number of halogens is 1. The lowest BCUT2D eigenvalue weighted by Crippen LogP contribution is -2.11. The summed E-state index contributed by atoms with van der Waals surface area (Å²) < 4.78 is 17.9. The number of hydrogen-bond acceptors (Lipinski definition) is 3. The van der Waals surface area contributed by atoms with Gasteiger partial charge < -0.3 is 4.42 Å².